The van der Waals surface area contributed by atoms with Crippen LogP contribution in [-0.4, -0.2) is 24.3 Å². The van der Waals surface area contributed by atoms with Crippen molar-refractivity contribution in [1.82, 2.24) is 24.3 Å². The minimum Gasteiger partial charge on any atom is -0.305 e. The number of imidazole rings is 1. The third-order valence-electron chi connectivity index (χ3n) is 3.44. The van der Waals surface area contributed by atoms with Gasteiger partial charge in [0.1, 0.15) is 16.3 Å². The predicted molar refractivity (Wildman–Crippen MR) is 86.0 cm³/mol. The van der Waals surface area contributed by atoms with Crippen molar-refractivity contribution in [1.29, 1.82) is 0 Å². The minimum absolute atomic E-state index is 0.393. The molecule has 0 atom stereocenters. The molecule has 0 bridgehead atoms. The van der Waals surface area contributed by atoms with Crippen LogP contribution in [0, 0.1) is 6.92 Å². The molecule has 0 aliphatic carbocycles. The first-order chi connectivity index (χ1) is 10.1. The lowest BCUT2D eigenvalue weighted by atomic mass is 10.2. The van der Waals surface area contributed by atoms with Crippen molar-refractivity contribution in [3.05, 3.63) is 27.6 Å². The number of hydrogen-bond donors (Lipinski definition) is 0. The largest absolute Gasteiger partial charge is 0.305 e. The summed E-state index contributed by atoms with van der Waals surface area (Å²) >= 11 is 7.79. The first kappa shape index (κ1) is 14.5. The van der Waals surface area contributed by atoms with Gasteiger partial charge in [-0.15, -0.1) is 22.9 Å². The van der Waals surface area contributed by atoms with Crippen LogP contribution in [0.4, 0.5) is 0 Å². The third kappa shape index (κ3) is 2.58. The van der Waals surface area contributed by atoms with Crippen molar-refractivity contribution in [2.75, 3.05) is 0 Å². The zero-order valence-electron chi connectivity index (χ0n) is 12.4. The fraction of sp³-hybridized carbons (Fsp3) is 0.500. The predicted octanol–water partition coefficient (Wildman–Crippen LogP) is 3.27. The Labute approximate surface area is 132 Å². The minimum atomic E-state index is 0.393. The highest BCUT2D eigenvalue weighted by atomic mass is 35.5. The Bertz CT molecular complexity index is 770. The van der Waals surface area contributed by atoms with E-state index in [0.717, 1.165) is 40.5 Å². The second-order valence-electron chi connectivity index (χ2n) is 5.10. The van der Waals surface area contributed by atoms with Crippen LogP contribution in [0.15, 0.2) is 6.20 Å². The number of alkyl halides is 1. The van der Waals surface area contributed by atoms with E-state index in [1.807, 2.05) is 17.9 Å². The molecular weight excluding hydrogens is 306 g/mol. The molecule has 0 spiro atoms. The van der Waals surface area contributed by atoms with E-state index in [0.29, 0.717) is 12.4 Å². The first-order valence-corrected chi connectivity index (χ1v) is 8.37. The quantitative estimate of drug-likeness (QED) is 0.677. The van der Waals surface area contributed by atoms with Gasteiger partial charge in [-0.3, -0.25) is 4.68 Å². The van der Waals surface area contributed by atoms with E-state index in [4.69, 9.17) is 16.6 Å². The monoisotopic (exact) mass is 323 g/mol. The van der Waals surface area contributed by atoms with E-state index in [9.17, 15) is 0 Å². The normalized spacial score (nSPS) is 11.6. The Morgan fingerprint density at radius 3 is 2.81 bits per heavy atom. The smallest absolute Gasteiger partial charge is 0.159 e. The lowest BCUT2D eigenvalue weighted by molar-refractivity contribution is 0.691. The summed E-state index contributed by atoms with van der Waals surface area (Å²) in [6, 6.07) is 0. The topological polar surface area (TPSA) is 48.5 Å². The van der Waals surface area contributed by atoms with E-state index < -0.39 is 0 Å². The van der Waals surface area contributed by atoms with Crippen LogP contribution in [0.25, 0.3) is 11.2 Å². The maximum atomic E-state index is 6.08. The molecule has 0 radical (unpaired) electrons. The van der Waals surface area contributed by atoms with Crippen molar-refractivity contribution in [3.63, 3.8) is 0 Å². The Balaban J connectivity index is 2.11. The van der Waals surface area contributed by atoms with E-state index in [1.165, 1.54) is 4.88 Å². The maximum absolute atomic E-state index is 6.08. The lowest BCUT2D eigenvalue weighted by Gasteiger charge is -2.05. The molecule has 112 valence electrons. The highest BCUT2D eigenvalue weighted by Crippen LogP contribution is 2.24. The summed E-state index contributed by atoms with van der Waals surface area (Å²) in [4.78, 5) is 10.4. The Kier molecular flexibility index (Phi) is 3.99. The molecule has 5 nitrogen and oxygen atoms in total. The van der Waals surface area contributed by atoms with Gasteiger partial charge in [-0.1, -0.05) is 13.3 Å². The molecule has 0 unspecified atom stereocenters. The van der Waals surface area contributed by atoms with Gasteiger partial charge in [-0.25, -0.2) is 9.97 Å². The SMILES string of the molecule is CCCc1nn(C)c2c1nc(CCl)n2Cc1ncc(C)s1. The fourth-order valence-corrected chi connectivity index (χ4v) is 3.55. The molecule has 3 heterocycles. The molecule has 0 fully saturated rings. The standard InChI is InChI=1S/C14H18ClN5S/c1-4-5-10-13-14(19(3)18-10)20(11(6-15)17-13)8-12-16-7-9(2)21-12/h7H,4-6,8H2,1-3H3. The fourth-order valence-electron chi connectivity index (χ4n) is 2.57. The number of hydrogen-bond acceptors (Lipinski definition) is 4. The van der Waals surface area contributed by atoms with Crippen molar-refractivity contribution >= 4 is 34.1 Å². The van der Waals surface area contributed by atoms with Crippen LogP contribution in [0.3, 0.4) is 0 Å². The molecule has 3 aromatic rings. The Morgan fingerprint density at radius 1 is 1.38 bits per heavy atom. The van der Waals surface area contributed by atoms with Crippen LogP contribution < -0.4 is 0 Å². The molecule has 0 aliphatic heterocycles. The van der Waals surface area contributed by atoms with Gasteiger partial charge in [0.15, 0.2) is 5.65 Å². The summed E-state index contributed by atoms with van der Waals surface area (Å²) in [7, 11) is 1.96. The summed E-state index contributed by atoms with van der Waals surface area (Å²) < 4.78 is 4.04. The second kappa shape index (κ2) is 5.77. The highest BCUT2D eigenvalue weighted by Gasteiger charge is 2.19. The molecule has 0 amide bonds. The molecule has 0 aliphatic rings. The van der Waals surface area contributed by atoms with Gasteiger partial charge in [-0.05, 0) is 13.3 Å². The molecule has 0 saturated heterocycles. The summed E-state index contributed by atoms with van der Waals surface area (Å²) in [5, 5.41) is 5.66. The van der Waals surface area contributed by atoms with Gasteiger partial charge in [0.2, 0.25) is 0 Å². The van der Waals surface area contributed by atoms with Crippen LogP contribution in [0.1, 0.15) is 34.7 Å². The number of thiazole rings is 1. The second-order valence-corrected chi connectivity index (χ2v) is 6.69. The molecule has 21 heavy (non-hydrogen) atoms. The Hall–Kier alpha value is -1.40. The average Bonchev–Trinajstić information content (AvgIpc) is 3.09. The molecule has 3 rings (SSSR count). The average molecular weight is 324 g/mol. The summed E-state index contributed by atoms with van der Waals surface area (Å²) in [5.41, 5.74) is 3.06. The molecular formula is C14H18ClN5S. The summed E-state index contributed by atoms with van der Waals surface area (Å²) in [5.74, 6) is 1.27. The van der Waals surface area contributed by atoms with Crippen molar-refractivity contribution in [2.24, 2.45) is 7.05 Å². The number of nitrogens with zero attached hydrogens (tertiary/aromatic N) is 5. The third-order valence-corrected chi connectivity index (χ3v) is 4.58. The van der Waals surface area contributed by atoms with Crippen molar-refractivity contribution in [3.8, 4) is 0 Å². The number of aromatic nitrogens is 5. The first-order valence-electron chi connectivity index (χ1n) is 7.02. The summed E-state index contributed by atoms with van der Waals surface area (Å²) in [6.45, 7) is 4.91. The van der Waals surface area contributed by atoms with Crippen molar-refractivity contribution < 1.29 is 0 Å². The zero-order valence-corrected chi connectivity index (χ0v) is 14.0. The van der Waals surface area contributed by atoms with Crippen LogP contribution in [0.5, 0.6) is 0 Å². The van der Waals surface area contributed by atoms with Crippen LogP contribution in [-0.2, 0) is 25.9 Å². The number of halogens is 1. The van der Waals surface area contributed by atoms with E-state index in [1.54, 1.807) is 11.3 Å². The number of fused-ring (bicyclic) bond motifs is 1. The van der Waals surface area contributed by atoms with Crippen molar-refractivity contribution in [2.45, 2.75) is 39.1 Å². The van der Waals surface area contributed by atoms with E-state index in [-0.39, 0.29) is 0 Å². The van der Waals surface area contributed by atoms with Gasteiger partial charge >= 0.3 is 0 Å². The van der Waals surface area contributed by atoms with Crippen LogP contribution >= 0.6 is 22.9 Å². The molecule has 3 aromatic heterocycles. The van der Waals surface area contributed by atoms with Crippen LogP contribution in [0.2, 0.25) is 0 Å². The van der Waals surface area contributed by atoms with Gasteiger partial charge in [0, 0.05) is 18.1 Å². The van der Waals surface area contributed by atoms with E-state index >= 15 is 0 Å². The molecule has 0 saturated carbocycles. The molecule has 0 N–H and O–H groups in total. The van der Waals surface area contributed by atoms with Gasteiger partial charge < -0.3 is 4.57 Å². The lowest BCUT2D eigenvalue weighted by Crippen LogP contribution is -2.07. The highest BCUT2D eigenvalue weighted by molar-refractivity contribution is 7.11. The van der Waals surface area contributed by atoms with E-state index in [2.05, 4.69) is 28.5 Å². The Morgan fingerprint density at radius 2 is 2.19 bits per heavy atom. The van der Waals surface area contributed by atoms with Gasteiger partial charge in [0.25, 0.3) is 0 Å². The molecule has 7 heteroatoms. The van der Waals surface area contributed by atoms with Gasteiger partial charge in [0.05, 0.1) is 18.1 Å². The summed E-state index contributed by atoms with van der Waals surface area (Å²) in [6.07, 6.45) is 3.90. The number of aryl methyl sites for hydroxylation is 3. The molecule has 0 aromatic carbocycles. The maximum Gasteiger partial charge on any atom is 0.159 e. The van der Waals surface area contributed by atoms with Gasteiger partial charge in [-0.2, -0.15) is 5.10 Å². The number of rotatable bonds is 5. The zero-order chi connectivity index (χ0) is 15.0.